The predicted molar refractivity (Wildman–Crippen MR) is 88.8 cm³/mol. The third-order valence-electron chi connectivity index (χ3n) is 3.54. The van der Waals surface area contributed by atoms with Gasteiger partial charge in [-0.15, -0.1) is 0 Å². The first kappa shape index (κ1) is 20.6. The van der Waals surface area contributed by atoms with E-state index in [4.69, 9.17) is 0 Å². The minimum Gasteiger partial charge on any atom is -0.394 e. The third-order valence-corrected chi connectivity index (χ3v) is 5.03. The molecule has 0 aliphatic carbocycles. The number of sulfone groups is 1. The van der Waals surface area contributed by atoms with Crippen molar-refractivity contribution in [2.75, 3.05) is 11.9 Å². The number of hydrogen-bond acceptors (Lipinski definition) is 7. The molecule has 1 aromatic heterocycles. The number of nitro groups is 1. The zero-order chi connectivity index (χ0) is 20.2. The van der Waals surface area contributed by atoms with E-state index in [1.165, 1.54) is 6.20 Å². The van der Waals surface area contributed by atoms with E-state index in [2.05, 4.69) is 10.3 Å². The van der Waals surface area contributed by atoms with Gasteiger partial charge in [-0.05, 0) is 24.3 Å². The number of halogens is 3. The average Bonchev–Trinajstić information content (AvgIpc) is 2.61. The number of alkyl halides is 3. The predicted octanol–water partition coefficient (Wildman–Crippen LogP) is 2.30. The van der Waals surface area contributed by atoms with Crippen molar-refractivity contribution in [3.05, 3.63) is 58.4 Å². The summed E-state index contributed by atoms with van der Waals surface area (Å²) < 4.78 is 60.8. The summed E-state index contributed by atoms with van der Waals surface area (Å²) in [4.78, 5) is 13.0. The van der Waals surface area contributed by atoms with Crippen molar-refractivity contribution in [1.29, 1.82) is 0 Å². The average molecular weight is 405 g/mol. The number of nitrogens with zero attached hydrogens (tertiary/aromatic N) is 2. The molecule has 2 aromatic rings. The maximum absolute atomic E-state index is 12.6. The van der Waals surface area contributed by atoms with E-state index < -0.39 is 43.5 Å². The van der Waals surface area contributed by atoms with Crippen LogP contribution in [-0.4, -0.2) is 41.6 Å². The molecule has 0 bridgehead atoms. The van der Waals surface area contributed by atoms with Crippen molar-refractivity contribution in [1.82, 2.24) is 4.98 Å². The standard InChI is InChI=1S/C15H14F3N3O5S/c16-15(17,18)27(25,26)12-4-5-13(14(8-12)21(23)24)20-11(9-22)7-10-3-1-2-6-19-10/h1-6,8,11,20,22H,7,9H2/t11-/m0/s1. The maximum atomic E-state index is 12.6. The van der Waals surface area contributed by atoms with Gasteiger partial charge in [0.1, 0.15) is 5.69 Å². The first-order valence-electron chi connectivity index (χ1n) is 7.43. The van der Waals surface area contributed by atoms with E-state index in [1.807, 2.05) is 0 Å². The van der Waals surface area contributed by atoms with Crippen molar-refractivity contribution in [2.45, 2.75) is 22.9 Å². The van der Waals surface area contributed by atoms with E-state index in [-0.39, 0.29) is 12.1 Å². The van der Waals surface area contributed by atoms with Gasteiger partial charge < -0.3 is 10.4 Å². The second-order valence-corrected chi connectivity index (χ2v) is 7.38. The Morgan fingerprint density at radius 3 is 2.48 bits per heavy atom. The Labute approximate surface area is 151 Å². The van der Waals surface area contributed by atoms with Crippen LogP contribution in [0.2, 0.25) is 0 Å². The molecule has 0 radical (unpaired) electrons. The van der Waals surface area contributed by atoms with E-state index >= 15 is 0 Å². The van der Waals surface area contributed by atoms with Crippen LogP contribution in [0.1, 0.15) is 5.69 Å². The van der Waals surface area contributed by atoms with Gasteiger partial charge in [-0.25, -0.2) is 8.42 Å². The molecular weight excluding hydrogens is 391 g/mol. The number of pyridine rings is 1. The van der Waals surface area contributed by atoms with Gasteiger partial charge in [-0.3, -0.25) is 15.1 Å². The van der Waals surface area contributed by atoms with Crippen LogP contribution >= 0.6 is 0 Å². The Morgan fingerprint density at radius 2 is 1.96 bits per heavy atom. The number of hydrogen-bond donors (Lipinski definition) is 2. The monoisotopic (exact) mass is 405 g/mol. The lowest BCUT2D eigenvalue weighted by Gasteiger charge is -2.18. The fraction of sp³-hybridized carbons (Fsp3) is 0.267. The summed E-state index contributed by atoms with van der Waals surface area (Å²) in [6.07, 6.45) is 1.69. The molecular formula is C15H14F3N3O5S. The number of anilines is 1. The smallest absolute Gasteiger partial charge is 0.394 e. The number of aliphatic hydroxyl groups excluding tert-OH is 1. The van der Waals surface area contributed by atoms with Crippen LogP contribution < -0.4 is 5.32 Å². The summed E-state index contributed by atoms with van der Waals surface area (Å²) in [7, 11) is -5.72. The quantitative estimate of drug-likeness (QED) is 0.535. The minimum absolute atomic E-state index is 0.178. The highest BCUT2D eigenvalue weighted by Gasteiger charge is 2.47. The SMILES string of the molecule is O=[N+]([O-])c1cc(S(=O)(=O)C(F)(F)F)ccc1N[C@H](CO)Cc1ccccn1. The van der Waals surface area contributed by atoms with Gasteiger partial charge in [0, 0.05) is 24.4 Å². The number of nitrogens with one attached hydrogen (secondary N) is 1. The molecule has 0 fully saturated rings. The lowest BCUT2D eigenvalue weighted by molar-refractivity contribution is -0.384. The summed E-state index contributed by atoms with van der Waals surface area (Å²) in [6.45, 7) is -0.448. The van der Waals surface area contributed by atoms with Gasteiger partial charge in [0.15, 0.2) is 0 Å². The zero-order valence-electron chi connectivity index (χ0n) is 13.5. The molecule has 0 saturated heterocycles. The normalized spacial score (nSPS) is 13.2. The Bertz CT molecular complexity index is 920. The highest BCUT2D eigenvalue weighted by Crippen LogP contribution is 2.35. The van der Waals surface area contributed by atoms with Crippen LogP contribution in [-0.2, 0) is 16.3 Å². The minimum atomic E-state index is -5.72. The van der Waals surface area contributed by atoms with Gasteiger partial charge in [0.2, 0.25) is 0 Å². The van der Waals surface area contributed by atoms with E-state index in [0.29, 0.717) is 17.8 Å². The molecule has 0 spiro atoms. The fourth-order valence-corrected chi connectivity index (χ4v) is 3.02. The van der Waals surface area contributed by atoms with Gasteiger partial charge in [0.05, 0.1) is 22.5 Å². The number of rotatable bonds is 7. The molecule has 2 N–H and O–H groups in total. The first-order chi connectivity index (χ1) is 12.6. The second-order valence-electron chi connectivity index (χ2n) is 5.43. The van der Waals surface area contributed by atoms with E-state index in [0.717, 1.165) is 6.07 Å². The van der Waals surface area contributed by atoms with Crippen molar-refractivity contribution >= 4 is 21.2 Å². The number of benzene rings is 1. The molecule has 2 rings (SSSR count). The maximum Gasteiger partial charge on any atom is 0.501 e. The molecule has 1 atom stereocenters. The van der Waals surface area contributed by atoms with Crippen molar-refractivity contribution in [3.63, 3.8) is 0 Å². The van der Waals surface area contributed by atoms with Crippen LogP contribution in [0.3, 0.4) is 0 Å². The Kier molecular flexibility index (Phi) is 6.01. The Hall–Kier alpha value is -2.73. The highest BCUT2D eigenvalue weighted by molar-refractivity contribution is 7.92. The molecule has 0 aliphatic heterocycles. The summed E-state index contributed by atoms with van der Waals surface area (Å²) in [5, 5.41) is 23.3. The van der Waals surface area contributed by atoms with Crippen LogP contribution in [0, 0.1) is 10.1 Å². The summed E-state index contributed by atoms with van der Waals surface area (Å²) in [6, 6.07) is 6.12. The molecule has 0 saturated carbocycles. The Morgan fingerprint density at radius 1 is 1.26 bits per heavy atom. The molecule has 12 heteroatoms. The second kappa shape index (κ2) is 7.88. The zero-order valence-corrected chi connectivity index (χ0v) is 14.4. The van der Waals surface area contributed by atoms with Crippen LogP contribution in [0.25, 0.3) is 0 Å². The molecule has 27 heavy (non-hydrogen) atoms. The van der Waals surface area contributed by atoms with Gasteiger partial charge in [0.25, 0.3) is 15.5 Å². The lowest BCUT2D eigenvalue weighted by atomic mass is 10.1. The molecule has 146 valence electrons. The highest BCUT2D eigenvalue weighted by atomic mass is 32.2. The van der Waals surface area contributed by atoms with E-state index in [9.17, 15) is 36.8 Å². The van der Waals surface area contributed by atoms with Crippen molar-refractivity contribution in [3.8, 4) is 0 Å². The number of aromatic nitrogens is 1. The van der Waals surface area contributed by atoms with Gasteiger partial charge in [-0.1, -0.05) is 6.07 Å². The number of nitro benzene ring substituents is 1. The van der Waals surface area contributed by atoms with Crippen LogP contribution in [0.15, 0.2) is 47.5 Å². The molecule has 0 unspecified atom stereocenters. The van der Waals surface area contributed by atoms with Crippen LogP contribution in [0.5, 0.6) is 0 Å². The van der Waals surface area contributed by atoms with Gasteiger partial charge >= 0.3 is 5.51 Å². The topological polar surface area (TPSA) is 122 Å². The van der Waals surface area contributed by atoms with E-state index in [1.54, 1.807) is 18.2 Å². The number of aliphatic hydroxyl groups is 1. The summed E-state index contributed by atoms with van der Waals surface area (Å²) in [5.74, 6) is 0. The van der Waals surface area contributed by atoms with Crippen molar-refractivity contribution in [2.24, 2.45) is 0 Å². The Balaban J connectivity index is 2.35. The summed E-state index contributed by atoms with van der Waals surface area (Å²) >= 11 is 0. The van der Waals surface area contributed by atoms with Crippen LogP contribution in [0.4, 0.5) is 24.5 Å². The molecule has 1 heterocycles. The first-order valence-corrected chi connectivity index (χ1v) is 8.91. The summed E-state index contributed by atoms with van der Waals surface area (Å²) in [5.41, 5.74) is -6.10. The van der Waals surface area contributed by atoms with Crippen molar-refractivity contribution < 1.29 is 31.6 Å². The van der Waals surface area contributed by atoms with Gasteiger partial charge in [-0.2, -0.15) is 13.2 Å². The largest absolute Gasteiger partial charge is 0.501 e. The lowest BCUT2D eigenvalue weighted by Crippen LogP contribution is -2.27. The molecule has 0 aliphatic rings. The molecule has 0 amide bonds. The third kappa shape index (κ3) is 4.71. The molecule has 1 aromatic carbocycles. The molecule has 8 nitrogen and oxygen atoms in total. The fourth-order valence-electron chi connectivity index (χ4n) is 2.24.